The Kier molecular flexibility index (Phi) is 4.00. The molecule has 0 unspecified atom stereocenters. The fraction of sp³-hybridized carbons (Fsp3) is 0.250. The molecule has 0 aliphatic heterocycles. The average molecular weight is 293 g/mol. The lowest BCUT2D eigenvalue weighted by Gasteiger charge is -2.05. The molecular formula is C8H10INOS. The van der Waals surface area contributed by atoms with Crippen LogP contribution in [0, 0.1) is 3.57 Å². The molecule has 1 aromatic rings. The Morgan fingerprint density at radius 1 is 1.50 bits per heavy atom. The molecular weight excluding hydrogens is 283 g/mol. The first-order valence-corrected chi connectivity index (χ1v) is 5.28. The van der Waals surface area contributed by atoms with Crippen molar-refractivity contribution >= 4 is 40.9 Å². The Hall–Kier alpha value is -0.100. The van der Waals surface area contributed by atoms with Crippen LogP contribution in [0.3, 0.4) is 0 Å². The Morgan fingerprint density at radius 3 is 2.83 bits per heavy atom. The highest BCUT2D eigenvalue weighted by Crippen LogP contribution is 2.22. The van der Waals surface area contributed by atoms with E-state index in [1.807, 2.05) is 12.1 Å². The molecule has 2 N–H and O–H groups in total. The second kappa shape index (κ2) is 4.81. The molecule has 2 nitrogen and oxygen atoms in total. The van der Waals surface area contributed by atoms with Crippen LogP contribution in [0.2, 0.25) is 0 Å². The third-order valence-corrected chi connectivity index (χ3v) is 2.48. The van der Waals surface area contributed by atoms with E-state index in [0.717, 1.165) is 21.6 Å². The molecule has 0 atom stereocenters. The van der Waals surface area contributed by atoms with E-state index in [0.29, 0.717) is 5.75 Å². The number of thiol groups is 1. The molecule has 1 rings (SSSR count). The molecule has 0 spiro atoms. The zero-order chi connectivity index (χ0) is 8.97. The minimum absolute atomic E-state index is 0.326. The van der Waals surface area contributed by atoms with E-state index in [9.17, 15) is 5.11 Å². The number of phenols is 1. The maximum atomic E-state index is 9.22. The molecule has 0 saturated carbocycles. The van der Waals surface area contributed by atoms with E-state index in [2.05, 4.69) is 40.5 Å². The van der Waals surface area contributed by atoms with Crippen molar-refractivity contribution in [3.63, 3.8) is 0 Å². The van der Waals surface area contributed by atoms with Gasteiger partial charge in [0.2, 0.25) is 0 Å². The molecule has 0 heterocycles. The lowest BCUT2D eigenvalue weighted by Crippen LogP contribution is -2.02. The number of anilines is 1. The minimum Gasteiger partial charge on any atom is -0.507 e. The summed E-state index contributed by atoms with van der Waals surface area (Å²) in [6.45, 7) is 0.837. The predicted octanol–water partition coefficient (Wildman–Crippen LogP) is 2.34. The van der Waals surface area contributed by atoms with Gasteiger partial charge in [-0.1, -0.05) is 0 Å². The van der Waals surface area contributed by atoms with Gasteiger partial charge in [-0.05, 0) is 40.8 Å². The van der Waals surface area contributed by atoms with Gasteiger partial charge in [-0.25, -0.2) is 0 Å². The van der Waals surface area contributed by atoms with Gasteiger partial charge in [-0.2, -0.15) is 12.6 Å². The van der Waals surface area contributed by atoms with Gasteiger partial charge in [-0.15, -0.1) is 0 Å². The van der Waals surface area contributed by atoms with Crippen LogP contribution < -0.4 is 5.32 Å². The summed E-state index contributed by atoms with van der Waals surface area (Å²) in [4.78, 5) is 0. The maximum absolute atomic E-state index is 9.22. The van der Waals surface area contributed by atoms with Gasteiger partial charge in [0, 0.05) is 18.0 Å². The smallest absolute Gasteiger partial charge is 0.129 e. The Balaban J connectivity index is 2.69. The summed E-state index contributed by atoms with van der Waals surface area (Å²) in [6.07, 6.45) is 0. The van der Waals surface area contributed by atoms with E-state index < -0.39 is 0 Å². The van der Waals surface area contributed by atoms with Crippen molar-refractivity contribution in [2.75, 3.05) is 17.6 Å². The first kappa shape index (κ1) is 9.98. The van der Waals surface area contributed by atoms with Crippen LogP contribution in [-0.4, -0.2) is 17.4 Å². The number of halogens is 1. The van der Waals surface area contributed by atoms with Crippen LogP contribution in [0.15, 0.2) is 18.2 Å². The first-order chi connectivity index (χ1) is 5.74. The fourth-order valence-corrected chi connectivity index (χ4v) is 1.44. The van der Waals surface area contributed by atoms with Gasteiger partial charge >= 0.3 is 0 Å². The molecule has 12 heavy (non-hydrogen) atoms. The third-order valence-electron chi connectivity index (χ3n) is 1.39. The van der Waals surface area contributed by atoms with Gasteiger partial charge in [0.05, 0.1) is 3.57 Å². The van der Waals surface area contributed by atoms with E-state index in [1.165, 1.54) is 0 Å². The number of rotatable bonds is 3. The van der Waals surface area contributed by atoms with Crippen LogP contribution >= 0.6 is 35.2 Å². The van der Waals surface area contributed by atoms with Gasteiger partial charge in [0.15, 0.2) is 0 Å². The number of phenolic OH excluding ortho intramolecular Hbond substituents is 1. The molecule has 0 fully saturated rings. The van der Waals surface area contributed by atoms with Crippen molar-refractivity contribution in [3.05, 3.63) is 21.8 Å². The van der Waals surface area contributed by atoms with E-state index in [1.54, 1.807) is 6.07 Å². The summed E-state index contributed by atoms with van der Waals surface area (Å²) in [5, 5.41) is 12.4. The summed E-state index contributed by atoms with van der Waals surface area (Å²) in [5.74, 6) is 1.13. The highest BCUT2D eigenvalue weighted by Gasteiger charge is 1.97. The Morgan fingerprint density at radius 2 is 2.25 bits per heavy atom. The quantitative estimate of drug-likeness (QED) is 0.454. The van der Waals surface area contributed by atoms with E-state index in [-0.39, 0.29) is 0 Å². The topological polar surface area (TPSA) is 32.3 Å². The van der Waals surface area contributed by atoms with Gasteiger partial charge in [0.25, 0.3) is 0 Å². The Labute approximate surface area is 90.9 Å². The summed E-state index contributed by atoms with van der Waals surface area (Å²) in [7, 11) is 0. The van der Waals surface area contributed by atoms with Crippen LogP contribution in [0.5, 0.6) is 5.75 Å². The summed E-state index contributed by atoms with van der Waals surface area (Å²) in [6, 6.07) is 5.43. The molecule has 0 radical (unpaired) electrons. The molecule has 4 heteroatoms. The lowest BCUT2D eigenvalue weighted by atomic mass is 10.3. The summed E-state index contributed by atoms with van der Waals surface area (Å²) < 4.78 is 0.858. The number of hydrogen-bond acceptors (Lipinski definition) is 3. The van der Waals surface area contributed by atoms with Crippen molar-refractivity contribution in [2.24, 2.45) is 0 Å². The summed E-state index contributed by atoms with van der Waals surface area (Å²) >= 11 is 6.18. The lowest BCUT2D eigenvalue weighted by molar-refractivity contribution is 0.471. The van der Waals surface area contributed by atoms with Crippen molar-refractivity contribution in [2.45, 2.75) is 0 Å². The predicted molar refractivity (Wildman–Crippen MR) is 63.2 cm³/mol. The first-order valence-electron chi connectivity index (χ1n) is 3.57. The van der Waals surface area contributed by atoms with Crippen LogP contribution in [-0.2, 0) is 0 Å². The molecule has 0 saturated heterocycles. The van der Waals surface area contributed by atoms with Crippen molar-refractivity contribution in [1.29, 1.82) is 0 Å². The standard InChI is InChI=1S/C8H10INOS/c9-7-5-6(10-3-4-12)1-2-8(7)11/h1-2,5,10-12H,3-4H2/i9-2. The second-order valence-corrected chi connectivity index (χ2v) is 3.93. The highest BCUT2D eigenvalue weighted by atomic mass is 125. The largest absolute Gasteiger partial charge is 0.507 e. The SMILES string of the molecule is Oc1ccc(NCCS)cc1[125I]. The van der Waals surface area contributed by atoms with Crippen molar-refractivity contribution < 1.29 is 5.11 Å². The van der Waals surface area contributed by atoms with Crippen LogP contribution in [0.25, 0.3) is 0 Å². The number of benzene rings is 1. The third kappa shape index (κ3) is 2.75. The molecule has 0 aromatic heterocycles. The monoisotopic (exact) mass is 293 g/mol. The van der Waals surface area contributed by atoms with E-state index >= 15 is 0 Å². The number of aromatic hydroxyl groups is 1. The average Bonchev–Trinajstić information content (AvgIpc) is 2.07. The molecule has 1 aromatic carbocycles. The van der Waals surface area contributed by atoms with Gasteiger partial charge in [-0.3, -0.25) is 0 Å². The maximum Gasteiger partial charge on any atom is 0.129 e. The van der Waals surface area contributed by atoms with Gasteiger partial charge < -0.3 is 10.4 Å². The van der Waals surface area contributed by atoms with Crippen molar-refractivity contribution in [1.82, 2.24) is 0 Å². The summed E-state index contributed by atoms with van der Waals surface area (Å²) in [5.41, 5.74) is 1.02. The second-order valence-electron chi connectivity index (χ2n) is 2.32. The normalized spacial score (nSPS) is 9.83. The Bertz CT molecular complexity index is 267. The molecule has 0 aliphatic carbocycles. The highest BCUT2D eigenvalue weighted by molar-refractivity contribution is 14.1. The molecule has 0 amide bonds. The van der Waals surface area contributed by atoms with Crippen molar-refractivity contribution in [3.8, 4) is 5.75 Å². The number of nitrogens with one attached hydrogen (secondary N) is 1. The van der Waals surface area contributed by atoms with Gasteiger partial charge in [0.1, 0.15) is 5.75 Å². The molecule has 66 valence electrons. The minimum atomic E-state index is 0.326. The number of hydrogen-bond donors (Lipinski definition) is 3. The van der Waals surface area contributed by atoms with Crippen LogP contribution in [0.1, 0.15) is 0 Å². The zero-order valence-electron chi connectivity index (χ0n) is 6.42. The molecule has 0 aliphatic rings. The zero-order valence-corrected chi connectivity index (χ0v) is 9.47. The van der Waals surface area contributed by atoms with Crippen LogP contribution in [0.4, 0.5) is 5.69 Å². The molecule has 0 bridgehead atoms. The fourth-order valence-electron chi connectivity index (χ4n) is 0.817. The van der Waals surface area contributed by atoms with E-state index in [4.69, 9.17) is 0 Å².